The monoisotopic (exact) mass is 486 g/mol. The highest BCUT2D eigenvalue weighted by atomic mass is 32.2. The van der Waals surface area contributed by atoms with Crippen molar-refractivity contribution < 1.29 is 14.0 Å². The summed E-state index contributed by atoms with van der Waals surface area (Å²) >= 11 is -1.40. The first-order valence-corrected chi connectivity index (χ1v) is 12.3. The highest BCUT2D eigenvalue weighted by Gasteiger charge is 2.28. The van der Waals surface area contributed by atoms with Gasteiger partial charge in [-0.25, -0.2) is 9.98 Å². The third kappa shape index (κ3) is 5.79. The van der Waals surface area contributed by atoms with Gasteiger partial charge in [0, 0.05) is 23.9 Å². The van der Waals surface area contributed by atoms with Crippen molar-refractivity contribution in [3.8, 4) is 22.9 Å². The number of imidazole rings is 1. The molecular weight excluding hydrogens is 452 g/mol. The summed E-state index contributed by atoms with van der Waals surface area (Å²) in [5, 5.41) is 0. The largest absolute Gasteiger partial charge is 0.591 e. The van der Waals surface area contributed by atoms with Crippen LogP contribution in [0.25, 0.3) is 11.4 Å². The second-order valence-corrected chi connectivity index (χ2v) is 11.3. The first-order valence-electron chi connectivity index (χ1n) is 11.2. The maximum absolute atomic E-state index is 12.7. The molecular formula is C24H34N6O3S. The van der Waals surface area contributed by atoms with E-state index in [1.807, 2.05) is 64.4 Å². The Labute approximate surface area is 204 Å². The average Bonchev–Trinajstić information content (AvgIpc) is 3.08. The molecule has 0 aliphatic carbocycles. The number of aromatic nitrogens is 2. The highest BCUT2D eigenvalue weighted by molar-refractivity contribution is 7.91. The van der Waals surface area contributed by atoms with Crippen LogP contribution in [0.3, 0.4) is 0 Å². The summed E-state index contributed by atoms with van der Waals surface area (Å²) in [6, 6.07) is 3.80. The first kappa shape index (κ1) is 25.8. The molecule has 0 saturated carbocycles. The number of rotatable bonds is 5. The quantitative estimate of drug-likeness (QED) is 0.392. The lowest BCUT2D eigenvalue weighted by Crippen LogP contribution is -2.26. The van der Waals surface area contributed by atoms with Gasteiger partial charge in [-0.3, -0.25) is 4.99 Å². The number of benzene rings is 1. The molecule has 1 aromatic heterocycles. The molecule has 2 heterocycles. The Bertz CT molecular complexity index is 1140. The lowest BCUT2D eigenvalue weighted by molar-refractivity contribution is 0.304. The van der Waals surface area contributed by atoms with Crippen LogP contribution in [0.5, 0.6) is 11.5 Å². The Morgan fingerprint density at radius 2 is 2.00 bits per heavy atom. The minimum absolute atomic E-state index is 0.0358. The molecule has 0 saturated heterocycles. The van der Waals surface area contributed by atoms with E-state index in [2.05, 4.69) is 14.4 Å². The summed E-state index contributed by atoms with van der Waals surface area (Å²) in [7, 11) is 1.59. The van der Waals surface area contributed by atoms with E-state index in [0.717, 1.165) is 17.0 Å². The molecule has 0 spiro atoms. The molecule has 0 amide bonds. The van der Waals surface area contributed by atoms with Gasteiger partial charge < -0.3 is 24.3 Å². The zero-order valence-corrected chi connectivity index (χ0v) is 22.0. The van der Waals surface area contributed by atoms with Crippen LogP contribution in [0.15, 0.2) is 32.7 Å². The van der Waals surface area contributed by atoms with E-state index in [9.17, 15) is 4.55 Å². The van der Waals surface area contributed by atoms with E-state index in [1.165, 1.54) is 0 Å². The van der Waals surface area contributed by atoms with Crippen LogP contribution >= 0.6 is 0 Å². The molecule has 0 radical (unpaired) electrons. The molecule has 1 aromatic carbocycles. The molecule has 34 heavy (non-hydrogen) atoms. The summed E-state index contributed by atoms with van der Waals surface area (Å²) in [6.45, 7) is 14.3. The van der Waals surface area contributed by atoms with Crippen molar-refractivity contribution in [1.29, 1.82) is 0 Å². The number of ether oxygens (including phenoxy) is 2. The Hall–Kier alpha value is -2.85. The molecule has 3 rings (SSSR count). The Kier molecular flexibility index (Phi) is 7.72. The van der Waals surface area contributed by atoms with Crippen LogP contribution in [0.1, 0.15) is 59.7 Å². The minimum Gasteiger partial charge on any atom is -0.591 e. The molecule has 0 fully saturated rings. The molecule has 1 aliphatic heterocycles. The number of aliphatic imine (C=N–C) groups is 2. The van der Waals surface area contributed by atoms with Crippen LogP contribution in [0, 0.1) is 0 Å². The highest BCUT2D eigenvalue weighted by Crippen LogP contribution is 2.38. The Balaban J connectivity index is 2.17. The molecule has 184 valence electrons. The number of methoxy groups -OCH3 is 1. The number of hydrogen-bond donors (Lipinski definition) is 1. The van der Waals surface area contributed by atoms with Gasteiger partial charge in [-0.2, -0.15) is 0 Å². The third-order valence-corrected chi connectivity index (χ3v) is 6.42. The smallest absolute Gasteiger partial charge is 0.177 e. The second kappa shape index (κ2) is 10.2. The molecule has 1 unspecified atom stereocenters. The lowest BCUT2D eigenvalue weighted by Gasteiger charge is -2.19. The molecule has 10 heteroatoms. The van der Waals surface area contributed by atoms with Crippen LogP contribution in [-0.2, 0) is 17.9 Å². The number of amidine groups is 2. The van der Waals surface area contributed by atoms with Crippen molar-refractivity contribution in [2.45, 2.75) is 65.8 Å². The third-order valence-electron chi connectivity index (χ3n) is 4.93. The number of nitrogens with zero attached hydrogens (tertiary/aromatic N) is 5. The molecule has 1 atom stereocenters. The van der Waals surface area contributed by atoms with E-state index >= 15 is 0 Å². The fourth-order valence-electron chi connectivity index (χ4n) is 3.34. The van der Waals surface area contributed by atoms with E-state index in [-0.39, 0.29) is 6.04 Å². The Morgan fingerprint density at radius 1 is 1.29 bits per heavy atom. The van der Waals surface area contributed by atoms with Crippen LogP contribution < -0.4 is 15.2 Å². The van der Waals surface area contributed by atoms with E-state index < -0.39 is 16.1 Å². The van der Waals surface area contributed by atoms with Gasteiger partial charge in [-0.15, -0.1) is 0 Å². The van der Waals surface area contributed by atoms with E-state index in [1.54, 1.807) is 14.0 Å². The van der Waals surface area contributed by atoms with Crippen molar-refractivity contribution in [3.05, 3.63) is 29.6 Å². The average molecular weight is 487 g/mol. The number of nitrogens with two attached hydrogens (primary N) is 1. The lowest BCUT2D eigenvalue weighted by atomic mass is 10.0. The second-order valence-electron chi connectivity index (χ2n) is 9.38. The summed E-state index contributed by atoms with van der Waals surface area (Å²) in [5.74, 6) is 2.87. The van der Waals surface area contributed by atoms with Gasteiger partial charge in [-0.1, -0.05) is 4.40 Å². The number of hydrogen-bond acceptors (Lipinski definition) is 6. The van der Waals surface area contributed by atoms with Crippen molar-refractivity contribution in [2.75, 3.05) is 13.7 Å². The molecule has 1 aliphatic rings. The topological polar surface area (TPSA) is 122 Å². The standard InChI is InChI=1S/C24H34N6O3S/c1-14(2)26-22(27-16(4)25)19-13-30-9-10-33-21-12-20(32-8)17(11-18(21)23(30)28-19)15(3)29-34(31)24(5,6)7/h11-14H,9-10H2,1-8H3,(H2,25,26,27). The molecule has 0 bridgehead atoms. The normalized spacial score (nSPS) is 16.0. The predicted octanol–water partition coefficient (Wildman–Crippen LogP) is 3.75. The van der Waals surface area contributed by atoms with Crippen molar-refractivity contribution in [3.63, 3.8) is 0 Å². The van der Waals surface area contributed by atoms with Gasteiger partial charge in [0.1, 0.15) is 45.7 Å². The van der Waals surface area contributed by atoms with Crippen LogP contribution in [-0.4, -0.2) is 56.0 Å². The minimum atomic E-state index is -1.40. The van der Waals surface area contributed by atoms with Crippen molar-refractivity contribution >= 4 is 28.7 Å². The maximum Gasteiger partial charge on any atom is 0.177 e. The molecule has 2 aromatic rings. The first-order chi connectivity index (χ1) is 15.9. The van der Waals surface area contributed by atoms with Crippen molar-refractivity contribution in [1.82, 2.24) is 9.55 Å². The SMILES string of the molecule is COc1cc2c(cc1C(C)=N[S+]([O-])C(C)(C)C)-c1nc(C(N=C(C)N)=NC(C)C)cn1CCO2. The summed E-state index contributed by atoms with van der Waals surface area (Å²) in [4.78, 5) is 13.9. The van der Waals surface area contributed by atoms with Gasteiger partial charge in [0.05, 0.1) is 30.8 Å². The fraction of sp³-hybridized carbons (Fsp3) is 0.500. The van der Waals surface area contributed by atoms with Gasteiger partial charge in [0.25, 0.3) is 0 Å². The van der Waals surface area contributed by atoms with Gasteiger partial charge in [0.15, 0.2) is 5.84 Å². The Morgan fingerprint density at radius 3 is 2.59 bits per heavy atom. The zero-order chi connectivity index (χ0) is 25.2. The molecule has 2 N–H and O–H groups in total. The zero-order valence-electron chi connectivity index (χ0n) is 21.2. The van der Waals surface area contributed by atoms with Crippen LogP contribution in [0.4, 0.5) is 0 Å². The summed E-state index contributed by atoms with van der Waals surface area (Å²) in [5.41, 5.74) is 8.61. The summed E-state index contributed by atoms with van der Waals surface area (Å²) < 4.78 is 30.3. The van der Waals surface area contributed by atoms with Gasteiger partial charge in [-0.05, 0) is 54.5 Å². The van der Waals surface area contributed by atoms with E-state index in [0.29, 0.717) is 47.7 Å². The maximum atomic E-state index is 12.7. The number of fused-ring (bicyclic) bond motifs is 3. The van der Waals surface area contributed by atoms with Gasteiger partial charge >= 0.3 is 0 Å². The van der Waals surface area contributed by atoms with Crippen LogP contribution in [0.2, 0.25) is 0 Å². The van der Waals surface area contributed by atoms with Crippen molar-refractivity contribution in [2.24, 2.45) is 20.1 Å². The van der Waals surface area contributed by atoms with E-state index in [4.69, 9.17) is 20.2 Å². The summed E-state index contributed by atoms with van der Waals surface area (Å²) in [6.07, 6.45) is 1.92. The molecule has 9 nitrogen and oxygen atoms in total. The van der Waals surface area contributed by atoms with Gasteiger partial charge in [0.2, 0.25) is 0 Å². The predicted molar refractivity (Wildman–Crippen MR) is 139 cm³/mol. The fourth-order valence-corrected chi connectivity index (χ4v) is 3.97.